The topological polar surface area (TPSA) is 71.8 Å². The predicted octanol–water partition coefficient (Wildman–Crippen LogP) is 3.40. The zero-order valence-electron chi connectivity index (χ0n) is 18.8. The highest BCUT2D eigenvalue weighted by atomic mass is 16.6. The number of aryl methyl sites for hydroxylation is 1. The van der Waals surface area contributed by atoms with Crippen LogP contribution in [0.2, 0.25) is 0 Å². The molecule has 5 rings (SSSR count). The van der Waals surface area contributed by atoms with E-state index in [1.807, 2.05) is 28.8 Å². The van der Waals surface area contributed by atoms with Crippen molar-refractivity contribution in [3.63, 3.8) is 0 Å². The molecule has 0 bridgehead atoms. The minimum atomic E-state index is -0.117. The van der Waals surface area contributed by atoms with Crippen LogP contribution in [-0.4, -0.2) is 42.1 Å². The average molecular weight is 449 g/mol. The molecule has 0 N–H and O–H groups in total. The van der Waals surface area contributed by atoms with Gasteiger partial charge in [0, 0.05) is 29.9 Å². The van der Waals surface area contributed by atoms with E-state index in [0.29, 0.717) is 45.3 Å². The van der Waals surface area contributed by atoms with Gasteiger partial charge in [-0.2, -0.15) is 0 Å². The van der Waals surface area contributed by atoms with Crippen LogP contribution in [0, 0.1) is 0 Å². The first-order chi connectivity index (χ1) is 16.2. The summed E-state index contributed by atoms with van der Waals surface area (Å²) >= 11 is 0. The fourth-order valence-electron chi connectivity index (χ4n) is 4.45. The fourth-order valence-corrected chi connectivity index (χ4v) is 4.45. The van der Waals surface area contributed by atoms with Crippen molar-refractivity contribution >= 4 is 0 Å². The smallest absolute Gasteiger partial charge is 0.254 e. The van der Waals surface area contributed by atoms with Crippen LogP contribution in [0.5, 0.6) is 11.5 Å². The largest absolute Gasteiger partial charge is 0.490 e. The van der Waals surface area contributed by atoms with Crippen molar-refractivity contribution in [2.45, 2.75) is 39.0 Å². The van der Waals surface area contributed by atoms with Crippen molar-refractivity contribution in [1.82, 2.24) is 9.55 Å². The van der Waals surface area contributed by atoms with E-state index in [2.05, 4.69) is 24.0 Å². The van der Waals surface area contributed by atoms with Crippen molar-refractivity contribution in [1.29, 1.82) is 0 Å². The van der Waals surface area contributed by atoms with Crippen LogP contribution < -0.4 is 15.0 Å². The van der Waals surface area contributed by atoms with Crippen LogP contribution in [0.1, 0.15) is 23.7 Å². The molecule has 0 spiro atoms. The monoisotopic (exact) mass is 448 g/mol. The molecular formula is C26H28N2O5. The summed E-state index contributed by atoms with van der Waals surface area (Å²) in [5.74, 6) is 1.43. The third-order valence-corrected chi connectivity index (χ3v) is 6.09. The lowest BCUT2D eigenvalue weighted by Gasteiger charge is -2.27. The van der Waals surface area contributed by atoms with Crippen molar-refractivity contribution in [2.24, 2.45) is 0 Å². The van der Waals surface area contributed by atoms with Crippen molar-refractivity contribution in [2.75, 3.05) is 26.4 Å². The predicted molar refractivity (Wildman–Crippen MR) is 124 cm³/mol. The van der Waals surface area contributed by atoms with Gasteiger partial charge in [0.1, 0.15) is 30.8 Å². The van der Waals surface area contributed by atoms with Crippen molar-refractivity contribution in [3.8, 4) is 22.8 Å². The Kier molecular flexibility index (Phi) is 6.41. The number of aromatic nitrogens is 2. The molecule has 1 fully saturated rings. The molecule has 2 aliphatic heterocycles. The van der Waals surface area contributed by atoms with Gasteiger partial charge in [0.25, 0.3) is 5.56 Å². The summed E-state index contributed by atoms with van der Waals surface area (Å²) in [4.78, 5) is 17.2. The first-order valence-electron chi connectivity index (χ1n) is 11.5. The van der Waals surface area contributed by atoms with Crippen LogP contribution in [0.3, 0.4) is 0 Å². The Bertz CT molecular complexity index is 1170. The second-order valence-corrected chi connectivity index (χ2v) is 8.24. The number of hydrogen-bond donors (Lipinski definition) is 0. The van der Waals surface area contributed by atoms with Crippen molar-refractivity contribution in [3.05, 3.63) is 75.8 Å². The van der Waals surface area contributed by atoms with Gasteiger partial charge in [0.2, 0.25) is 0 Å². The molecule has 172 valence electrons. The van der Waals surface area contributed by atoms with Gasteiger partial charge >= 0.3 is 0 Å². The molecular weight excluding hydrogens is 420 g/mol. The SMILES string of the molecule is CCc1c(OC[C@@H]2COCCO2)cc(=O)n2c1-c1ccc(OCc3ccccn3)cc1CC2. The summed E-state index contributed by atoms with van der Waals surface area (Å²) in [6.45, 7) is 5.20. The Morgan fingerprint density at radius 1 is 1.15 bits per heavy atom. The molecule has 0 saturated carbocycles. The highest BCUT2D eigenvalue weighted by Gasteiger charge is 2.24. The van der Waals surface area contributed by atoms with Gasteiger partial charge in [-0.15, -0.1) is 0 Å². The molecule has 7 nitrogen and oxygen atoms in total. The molecule has 33 heavy (non-hydrogen) atoms. The summed E-state index contributed by atoms with van der Waals surface area (Å²) in [5.41, 5.74) is 5.05. The Balaban J connectivity index is 1.42. The van der Waals surface area contributed by atoms with Crippen LogP contribution in [0.25, 0.3) is 11.3 Å². The van der Waals surface area contributed by atoms with Gasteiger partial charge in [-0.3, -0.25) is 9.78 Å². The highest BCUT2D eigenvalue weighted by Crippen LogP contribution is 2.37. The number of hydrogen-bond acceptors (Lipinski definition) is 6. The summed E-state index contributed by atoms with van der Waals surface area (Å²) in [6.07, 6.45) is 3.18. The third kappa shape index (κ3) is 4.65. The van der Waals surface area contributed by atoms with Gasteiger partial charge in [-0.1, -0.05) is 13.0 Å². The third-order valence-electron chi connectivity index (χ3n) is 6.09. The lowest BCUT2D eigenvalue weighted by Crippen LogP contribution is -2.34. The molecule has 0 amide bonds. The summed E-state index contributed by atoms with van der Waals surface area (Å²) < 4.78 is 25.1. The number of benzene rings is 1. The molecule has 2 aromatic heterocycles. The van der Waals surface area contributed by atoms with E-state index in [9.17, 15) is 4.79 Å². The van der Waals surface area contributed by atoms with E-state index in [-0.39, 0.29) is 11.7 Å². The molecule has 3 aromatic rings. The second kappa shape index (κ2) is 9.77. The maximum absolute atomic E-state index is 12.9. The number of fused-ring (bicyclic) bond motifs is 3. The lowest BCUT2D eigenvalue weighted by atomic mass is 9.93. The Labute approximate surface area is 192 Å². The molecule has 7 heteroatoms. The fraction of sp³-hybridized carbons (Fsp3) is 0.385. The van der Waals surface area contributed by atoms with Gasteiger partial charge in [0.15, 0.2) is 0 Å². The van der Waals surface area contributed by atoms with E-state index in [1.165, 1.54) is 5.56 Å². The van der Waals surface area contributed by atoms with E-state index in [4.69, 9.17) is 18.9 Å². The first-order valence-corrected chi connectivity index (χ1v) is 11.5. The minimum absolute atomic E-state index is 0.0425. The number of pyridine rings is 2. The standard InChI is InChI=1S/C26H28N2O5/c1-2-22-24(33-17-21-16-30-11-12-31-21)14-25(29)28-10-8-18-13-20(6-7-23(18)26(22)28)32-15-19-5-3-4-9-27-19/h3-7,9,13-14,21H,2,8,10-12,15-17H2,1H3/t21-/m0/s1. The van der Waals surface area contributed by atoms with Crippen molar-refractivity contribution < 1.29 is 18.9 Å². The minimum Gasteiger partial charge on any atom is -0.490 e. The molecule has 4 heterocycles. The maximum atomic E-state index is 12.9. The molecule has 1 saturated heterocycles. The molecule has 2 aliphatic rings. The zero-order valence-corrected chi connectivity index (χ0v) is 18.8. The molecule has 0 unspecified atom stereocenters. The van der Waals surface area contributed by atoms with Gasteiger partial charge in [0.05, 0.1) is 31.2 Å². The number of ether oxygens (including phenoxy) is 4. The lowest BCUT2D eigenvalue weighted by molar-refractivity contribution is -0.101. The first kappa shape index (κ1) is 21.7. The van der Waals surface area contributed by atoms with Crippen LogP contribution in [-0.2, 0) is 35.5 Å². The summed E-state index contributed by atoms with van der Waals surface area (Å²) in [6, 6.07) is 13.5. The number of rotatable bonds is 7. The Morgan fingerprint density at radius 2 is 2.09 bits per heavy atom. The molecule has 1 atom stereocenters. The summed E-state index contributed by atoms with van der Waals surface area (Å²) in [5, 5.41) is 0. The van der Waals surface area contributed by atoms with Gasteiger partial charge < -0.3 is 23.5 Å². The summed E-state index contributed by atoms with van der Waals surface area (Å²) in [7, 11) is 0. The maximum Gasteiger partial charge on any atom is 0.254 e. The zero-order chi connectivity index (χ0) is 22.6. The normalized spacial score (nSPS) is 17.2. The quantitative estimate of drug-likeness (QED) is 0.552. The molecule has 0 aliphatic carbocycles. The van der Waals surface area contributed by atoms with Gasteiger partial charge in [-0.05, 0) is 48.7 Å². The van der Waals surface area contributed by atoms with E-state index >= 15 is 0 Å². The number of nitrogens with zero attached hydrogens (tertiary/aromatic N) is 2. The van der Waals surface area contributed by atoms with Crippen LogP contribution in [0.15, 0.2) is 53.5 Å². The molecule has 0 radical (unpaired) electrons. The van der Waals surface area contributed by atoms with Crippen LogP contribution in [0.4, 0.5) is 0 Å². The molecule has 1 aromatic carbocycles. The van der Waals surface area contributed by atoms with E-state index in [1.54, 1.807) is 12.3 Å². The van der Waals surface area contributed by atoms with E-state index < -0.39 is 0 Å². The Hall–Kier alpha value is -3.16. The second-order valence-electron chi connectivity index (χ2n) is 8.24. The van der Waals surface area contributed by atoms with Crippen LogP contribution >= 0.6 is 0 Å². The van der Waals surface area contributed by atoms with E-state index in [0.717, 1.165) is 41.1 Å². The Morgan fingerprint density at radius 3 is 2.88 bits per heavy atom. The van der Waals surface area contributed by atoms with Gasteiger partial charge in [-0.25, -0.2) is 0 Å². The average Bonchev–Trinajstić information content (AvgIpc) is 2.87. The highest BCUT2D eigenvalue weighted by molar-refractivity contribution is 5.72.